The summed E-state index contributed by atoms with van der Waals surface area (Å²) in [5, 5.41) is 6.35. The Morgan fingerprint density at radius 1 is 0.760 bits per heavy atom. The second kappa shape index (κ2) is 14.6. The van der Waals surface area contributed by atoms with E-state index in [0.717, 1.165) is 6.54 Å². The third kappa shape index (κ3) is 11.6. The largest absolute Gasteiger partial charge is 0.240 e. The number of rotatable bonds is 17. The highest BCUT2D eigenvalue weighted by Crippen LogP contribution is 2.22. The molecule has 0 radical (unpaired) electrons. The fraction of sp³-hybridized carbons (Fsp3) is 0.955. The molecule has 0 amide bonds. The summed E-state index contributed by atoms with van der Waals surface area (Å²) in [4.78, 5) is 0. The fourth-order valence-corrected chi connectivity index (χ4v) is 3.72. The van der Waals surface area contributed by atoms with Crippen LogP contribution in [0.25, 0.3) is 0 Å². The highest BCUT2D eigenvalue weighted by Gasteiger charge is 2.27. The monoisotopic (exact) mass is 351 g/mol. The van der Waals surface area contributed by atoms with Crippen LogP contribution in [0.15, 0.2) is 5.10 Å². The van der Waals surface area contributed by atoms with Crippen LogP contribution in [0.3, 0.4) is 0 Å². The molecule has 1 rings (SSSR count). The van der Waals surface area contributed by atoms with Crippen LogP contribution in [0.2, 0.25) is 0 Å². The smallest absolute Gasteiger partial charge is 0.0572 e. The van der Waals surface area contributed by atoms with Crippen molar-refractivity contribution in [1.82, 2.24) is 10.5 Å². The zero-order chi connectivity index (χ0) is 18.2. The first-order valence-electron chi connectivity index (χ1n) is 11.2. The van der Waals surface area contributed by atoms with Gasteiger partial charge in [0.25, 0.3) is 0 Å². The van der Waals surface area contributed by atoms with Crippen LogP contribution in [0.5, 0.6) is 0 Å². The molecule has 3 nitrogen and oxygen atoms in total. The first-order valence-corrected chi connectivity index (χ1v) is 11.2. The van der Waals surface area contributed by atoms with Gasteiger partial charge in [-0.3, -0.25) is 0 Å². The van der Waals surface area contributed by atoms with E-state index in [1.807, 2.05) is 6.21 Å². The van der Waals surface area contributed by atoms with Gasteiger partial charge in [-0.05, 0) is 20.3 Å². The van der Waals surface area contributed by atoms with Crippen LogP contribution >= 0.6 is 0 Å². The zero-order valence-electron chi connectivity index (χ0n) is 17.5. The molecule has 0 fully saturated rings. The summed E-state index contributed by atoms with van der Waals surface area (Å²) in [5.74, 6) is 0. The lowest BCUT2D eigenvalue weighted by molar-refractivity contribution is 0.0835. The van der Waals surface area contributed by atoms with Gasteiger partial charge in [-0.25, -0.2) is 5.53 Å². The normalized spacial score (nSPS) is 15.0. The van der Waals surface area contributed by atoms with E-state index in [4.69, 9.17) is 0 Å². The molecule has 0 saturated carbocycles. The summed E-state index contributed by atoms with van der Waals surface area (Å²) in [7, 11) is 0. The molecule has 0 aliphatic carbocycles. The van der Waals surface area contributed by atoms with Gasteiger partial charge in [0.2, 0.25) is 0 Å². The number of hydrazone groups is 1. The van der Waals surface area contributed by atoms with E-state index in [-0.39, 0.29) is 5.54 Å². The molecule has 1 heterocycles. The van der Waals surface area contributed by atoms with E-state index in [9.17, 15) is 0 Å². The van der Waals surface area contributed by atoms with E-state index in [1.54, 1.807) is 0 Å². The van der Waals surface area contributed by atoms with Crippen LogP contribution in [-0.4, -0.2) is 23.3 Å². The molecule has 0 bridgehead atoms. The maximum atomic E-state index is 4.10. The SMILES string of the molecule is CCCCCCCCCCCCCCCCCC(C)(C)N1CC=NN1. The van der Waals surface area contributed by atoms with Gasteiger partial charge >= 0.3 is 0 Å². The molecule has 25 heavy (non-hydrogen) atoms. The van der Waals surface area contributed by atoms with E-state index in [1.165, 1.54) is 103 Å². The predicted molar refractivity (Wildman–Crippen MR) is 112 cm³/mol. The quantitative estimate of drug-likeness (QED) is 0.291. The Hall–Kier alpha value is -0.570. The van der Waals surface area contributed by atoms with Gasteiger partial charge in [0.15, 0.2) is 0 Å². The molecule has 0 spiro atoms. The van der Waals surface area contributed by atoms with Crippen molar-refractivity contribution in [2.45, 2.75) is 129 Å². The minimum Gasteiger partial charge on any atom is -0.240 e. The Kier molecular flexibility index (Phi) is 13.1. The minimum atomic E-state index is 0.215. The Morgan fingerprint density at radius 2 is 1.20 bits per heavy atom. The number of hydrogen-bond donors (Lipinski definition) is 1. The Balaban J connectivity index is 1.77. The van der Waals surface area contributed by atoms with Crippen molar-refractivity contribution in [3.05, 3.63) is 0 Å². The maximum Gasteiger partial charge on any atom is 0.0572 e. The van der Waals surface area contributed by atoms with Gasteiger partial charge in [-0.15, -0.1) is 0 Å². The third-order valence-electron chi connectivity index (χ3n) is 5.66. The summed E-state index contributed by atoms with van der Waals surface area (Å²) >= 11 is 0. The average molecular weight is 352 g/mol. The van der Waals surface area contributed by atoms with E-state index in [2.05, 4.69) is 36.4 Å². The number of unbranched alkanes of at least 4 members (excludes halogenated alkanes) is 14. The number of nitrogens with zero attached hydrogens (tertiary/aromatic N) is 2. The lowest BCUT2D eigenvalue weighted by atomic mass is 9.95. The van der Waals surface area contributed by atoms with Crippen molar-refractivity contribution in [2.24, 2.45) is 5.10 Å². The Labute approximate surface area is 158 Å². The minimum absolute atomic E-state index is 0.215. The van der Waals surface area contributed by atoms with Gasteiger partial charge in [0, 0.05) is 11.8 Å². The lowest BCUT2D eigenvalue weighted by Crippen LogP contribution is -2.47. The van der Waals surface area contributed by atoms with Crippen LogP contribution < -0.4 is 5.53 Å². The van der Waals surface area contributed by atoms with Crippen molar-refractivity contribution in [1.29, 1.82) is 0 Å². The molecule has 148 valence electrons. The summed E-state index contributed by atoms with van der Waals surface area (Å²) in [6.07, 6.45) is 24.7. The van der Waals surface area contributed by atoms with Crippen LogP contribution in [0, 0.1) is 0 Å². The van der Waals surface area contributed by atoms with Crippen molar-refractivity contribution in [3.63, 3.8) is 0 Å². The first-order chi connectivity index (χ1) is 12.2. The number of nitrogens with one attached hydrogen (secondary N) is 1. The molecule has 1 N–H and O–H groups in total. The molecule has 1 aliphatic heterocycles. The predicted octanol–water partition coefficient (Wildman–Crippen LogP) is 6.83. The van der Waals surface area contributed by atoms with Crippen LogP contribution in [0.1, 0.15) is 124 Å². The van der Waals surface area contributed by atoms with Gasteiger partial charge < -0.3 is 0 Å². The van der Waals surface area contributed by atoms with Crippen molar-refractivity contribution in [2.75, 3.05) is 6.54 Å². The lowest BCUT2D eigenvalue weighted by Gasteiger charge is -2.34. The second-order valence-corrected chi connectivity index (χ2v) is 8.53. The van der Waals surface area contributed by atoms with Gasteiger partial charge in [0.1, 0.15) is 0 Å². The van der Waals surface area contributed by atoms with E-state index in [0.29, 0.717) is 0 Å². The summed E-state index contributed by atoms with van der Waals surface area (Å²) in [6.45, 7) is 7.87. The summed E-state index contributed by atoms with van der Waals surface area (Å²) < 4.78 is 0. The van der Waals surface area contributed by atoms with Crippen molar-refractivity contribution < 1.29 is 0 Å². The van der Waals surface area contributed by atoms with Crippen LogP contribution in [0.4, 0.5) is 0 Å². The average Bonchev–Trinajstić information content (AvgIpc) is 3.14. The maximum absolute atomic E-state index is 4.10. The number of hydrogen-bond acceptors (Lipinski definition) is 3. The third-order valence-corrected chi connectivity index (χ3v) is 5.66. The van der Waals surface area contributed by atoms with Crippen molar-refractivity contribution >= 4 is 6.21 Å². The molecule has 3 heteroatoms. The molecule has 0 saturated heterocycles. The summed E-state index contributed by atoms with van der Waals surface area (Å²) in [6, 6.07) is 0. The molecule has 0 aromatic carbocycles. The van der Waals surface area contributed by atoms with Crippen molar-refractivity contribution in [3.8, 4) is 0 Å². The summed E-state index contributed by atoms with van der Waals surface area (Å²) in [5.41, 5.74) is 3.32. The molecule has 1 aliphatic rings. The fourth-order valence-electron chi connectivity index (χ4n) is 3.72. The molecule has 0 aromatic rings. The second-order valence-electron chi connectivity index (χ2n) is 8.53. The highest BCUT2D eigenvalue weighted by atomic mass is 15.7. The molecular weight excluding hydrogens is 306 g/mol. The standard InChI is InChI=1S/C22H45N3/c1-4-5-6-7-8-9-10-11-12-13-14-15-16-17-18-19-22(2,3)25-21-20-23-24-25/h20,24H,4-19,21H2,1-3H3. The van der Waals surface area contributed by atoms with Gasteiger partial charge in [-0.2, -0.15) is 10.1 Å². The molecule has 0 unspecified atom stereocenters. The Bertz CT molecular complexity index is 317. The highest BCUT2D eigenvalue weighted by molar-refractivity contribution is 5.60. The topological polar surface area (TPSA) is 27.6 Å². The first kappa shape index (κ1) is 22.5. The van der Waals surface area contributed by atoms with E-state index < -0.39 is 0 Å². The van der Waals surface area contributed by atoms with Gasteiger partial charge in [0.05, 0.1) is 6.54 Å². The number of hydrazine groups is 1. The molecule has 0 atom stereocenters. The zero-order valence-corrected chi connectivity index (χ0v) is 17.5. The molecular formula is C22H45N3. The van der Waals surface area contributed by atoms with E-state index >= 15 is 0 Å². The van der Waals surface area contributed by atoms with Crippen LogP contribution in [-0.2, 0) is 0 Å². The Morgan fingerprint density at radius 3 is 1.60 bits per heavy atom. The van der Waals surface area contributed by atoms with Gasteiger partial charge in [-0.1, -0.05) is 103 Å². The molecule has 0 aromatic heterocycles.